The zero-order valence-electron chi connectivity index (χ0n) is 11.2. The van der Waals surface area contributed by atoms with Crippen molar-refractivity contribution in [2.24, 2.45) is 7.05 Å². The van der Waals surface area contributed by atoms with Crippen molar-refractivity contribution in [2.75, 3.05) is 13.7 Å². The number of halogens is 1. The monoisotopic (exact) mass is 323 g/mol. The van der Waals surface area contributed by atoms with E-state index in [0.717, 1.165) is 23.2 Å². The molecule has 0 spiro atoms. The minimum absolute atomic E-state index is 0.642. The zero-order chi connectivity index (χ0) is 13.7. The van der Waals surface area contributed by atoms with E-state index in [1.165, 1.54) is 11.3 Å². The lowest BCUT2D eigenvalue weighted by Crippen LogP contribution is -2.07. The fraction of sp³-hybridized carbons (Fsp3) is 0.357. The van der Waals surface area contributed by atoms with Gasteiger partial charge >= 0.3 is 0 Å². The Morgan fingerprint density at radius 1 is 1.37 bits per heavy atom. The topological polar surface area (TPSA) is 39.1 Å². The van der Waals surface area contributed by atoms with Gasteiger partial charge in [-0.15, -0.1) is 0 Å². The molecule has 4 nitrogen and oxygen atoms in total. The highest BCUT2D eigenvalue weighted by atomic mass is 79.9. The normalized spacial score (nSPS) is 10.7. The number of ether oxygens (including phenoxy) is 1. The van der Waals surface area contributed by atoms with E-state index in [4.69, 9.17) is 4.74 Å². The molecule has 19 heavy (non-hydrogen) atoms. The van der Waals surface area contributed by atoms with Gasteiger partial charge in [-0.3, -0.25) is 4.68 Å². The molecule has 1 aromatic heterocycles. The number of nitrogens with zero attached hydrogens (tertiary/aromatic N) is 2. The lowest BCUT2D eigenvalue weighted by molar-refractivity contribution is 0.316. The largest absolute Gasteiger partial charge is 0.492 e. The van der Waals surface area contributed by atoms with Crippen LogP contribution < -0.4 is 10.1 Å². The van der Waals surface area contributed by atoms with Gasteiger partial charge in [0, 0.05) is 31.9 Å². The van der Waals surface area contributed by atoms with Crippen LogP contribution in [0.15, 0.2) is 34.9 Å². The summed E-state index contributed by atoms with van der Waals surface area (Å²) in [5.41, 5.74) is 2.40. The van der Waals surface area contributed by atoms with Crippen molar-refractivity contribution in [3.05, 3.63) is 46.2 Å². The first-order valence-corrected chi connectivity index (χ1v) is 7.02. The molecule has 0 aliphatic rings. The standard InChI is InChI=1S/C14H18BrN3O/c1-16-10-11-3-4-14(13(15)9-11)19-8-6-12-5-7-17-18(12)2/h3-5,7,9,16H,6,8,10H2,1-2H3. The predicted molar refractivity (Wildman–Crippen MR) is 79.3 cm³/mol. The molecule has 0 amide bonds. The van der Waals surface area contributed by atoms with Crippen molar-refractivity contribution in [1.82, 2.24) is 15.1 Å². The highest BCUT2D eigenvalue weighted by Crippen LogP contribution is 2.26. The van der Waals surface area contributed by atoms with E-state index in [-0.39, 0.29) is 0 Å². The van der Waals surface area contributed by atoms with E-state index in [0.29, 0.717) is 6.61 Å². The van der Waals surface area contributed by atoms with Crippen LogP contribution in [-0.2, 0) is 20.0 Å². The summed E-state index contributed by atoms with van der Waals surface area (Å²) < 4.78 is 8.65. The Morgan fingerprint density at radius 3 is 2.84 bits per heavy atom. The second-order valence-corrected chi connectivity index (χ2v) is 5.19. The van der Waals surface area contributed by atoms with Crippen LogP contribution in [0.2, 0.25) is 0 Å². The second-order valence-electron chi connectivity index (χ2n) is 4.34. The van der Waals surface area contributed by atoms with Crippen LogP contribution >= 0.6 is 15.9 Å². The molecule has 0 saturated heterocycles. The summed E-state index contributed by atoms with van der Waals surface area (Å²) in [5, 5.41) is 7.26. The predicted octanol–water partition coefficient (Wildman–Crippen LogP) is 2.52. The van der Waals surface area contributed by atoms with E-state index in [2.05, 4.69) is 38.5 Å². The van der Waals surface area contributed by atoms with Gasteiger partial charge in [-0.25, -0.2) is 0 Å². The third-order valence-electron chi connectivity index (χ3n) is 2.92. The van der Waals surface area contributed by atoms with Crippen molar-refractivity contribution in [2.45, 2.75) is 13.0 Å². The maximum atomic E-state index is 5.79. The molecule has 0 unspecified atom stereocenters. The fourth-order valence-corrected chi connectivity index (χ4v) is 2.43. The Kier molecular flexibility index (Phi) is 4.99. The van der Waals surface area contributed by atoms with E-state index in [1.54, 1.807) is 6.20 Å². The molecule has 1 aromatic carbocycles. The van der Waals surface area contributed by atoms with Crippen LogP contribution in [-0.4, -0.2) is 23.4 Å². The van der Waals surface area contributed by atoms with Crippen LogP contribution in [0.5, 0.6) is 5.75 Å². The van der Waals surface area contributed by atoms with Gasteiger partial charge in [0.1, 0.15) is 5.75 Å². The number of benzene rings is 1. The molecule has 0 radical (unpaired) electrons. The average Bonchev–Trinajstić information content (AvgIpc) is 2.78. The summed E-state index contributed by atoms with van der Waals surface area (Å²) >= 11 is 3.54. The third-order valence-corrected chi connectivity index (χ3v) is 3.54. The van der Waals surface area contributed by atoms with Gasteiger partial charge in [0.2, 0.25) is 0 Å². The highest BCUT2D eigenvalue weighted by molar-refractivity contribution is 9.10. The molecule has 1 heterocycles. The maximum absolute atomic E-state index is 5.79. The molecule has 0 bridgehead atoms. The molecule has 0 aliphatic heterocycles. The van der Waals surface area contributed by atoms with E-state index in [9.17, 15) is 0 Å². The molecular weight excluding hydrogens is 306 g/mol. The number of hydrogen-bond acceptors (Lipinski definition) is 3. The SMILES string of the molecule is CNCc1ccc(OCCc2ccnn2C)c(Br)c1. The second kappa shape index (κ2) is 6.73. The number of nitrogens with one attached hydrogen (secondary N) is 1. The molecule has 2 aromatic rings. The van der Waals surface area contributed by atoms with Crippen LogP contribution in [0.1, 0.15) is 11.3 Å². The first-order chi connectivity index (χ1) is 9.20. The summed E-state index contributed by atoms with van der Waals surface area (Å²) in [6.07, 6.45) is 2.65. The lowest BCUT2D eigenvalue weighted by Gasteiger charge is -2.10. The number of hydrogen-bond donors (Lipinski definition) is 1. The van der Waals surface area contributed by atoms with Crippen LogP contribution in [0.3, 0.4) is 0 Å². The molecule has 1 N–H and O–H groups in total. The number of rotatable bonds is 6. The average molecular weight is 324 g/mol. The van der Waals surface area contributed by atoms with Gasteiger partial charge in [-0.1, -0.05) is 6.07 Å². The molecule has 0 fully saturated rings. The van der Waals surface area contributed by atoms with Gasteiger partial charge in [-0.2, -0.15) is 5.10 Å². The minimum atomic E-state index is 0.642. The summed E-state index contributed by atoms with van der Waals surface area (Å²) in [6.45, 7) is 1.50. The summed E-state index contributed by atoms with van der Waals surface area (Å²) in [4.78, 5) is 0. The van der Waals surface area contributed by atoms with Gasteiger partial charge < -0.3 is 10.1 Å². The van der Waals surface area contributed by atoms with Crippen LogP contribution in [0.25, 0.3) is 0 Å². The Morgan fingerprint density at radius 2 is 2.21 bits per heavy atom. The first-order valence-electron chi connectivity index (χ1n) is 6.23. The van der Waals surface area contributed by atoms with Crippen molar-refractivity contribution in [1.29, 1.82) is 0 Å². The van der Waals surface area contributed by atoms with E-state index in [1.807, 2.05) is 30.9 Å². The highest BCUT2D eigenvalue weighted by Gasteiger charge is 2.04. The maximum Gasteiger partial charge on any atom is 0.133 e. The minimum Gasteiger partial charge on any atom is -0.492 e. The van der Waals surface area contributed by atoms with E-state index < -0.39 is 0 Å². The van der Waals surface area contributed by atoms with Crippen LogP contribution in [0.4, 0.5) is 0 Å². The van der Waals surface area contributed by atoms with Gasteiger partial charge in [0.05, 0.1) is 11.1 Å². The summed E-state index contributed by atoms with van der Waals surface area (Å²) in [7, 11) is 3.88. The first kappa shape index (κ1) is 14.1. The number of aromatic nitrogens is 2. The van der Waals surface area contributed by atoms with Gasteiger partial charge in [0.25, 0.3) is 0 Å². The van der Waals surface area contributed by atoms with Gasteiger partial charge in [0.15, 0.2) is 0 Å². The molecular formula is C14H18BrN3O. The molecule has 102 valence electrons. The van der Waals surface area contributed by atoms with Crippen molar-refractivity contribution in [3.8, 4) is 5.75 Å². The summed E-state index contributed by atoms with van der Waals surface area (Å²) in [6, 6.07) is 8.16. The molecule has 5 heteroatoms. The Bertz CT molecular complexity index is 539. The molecule has 2 rings (SSSR count). The van der Waals surface area contributed by atoms with Crippen LogP contribution in [0, 0.1) is 0 Å². The van der Waals surface area contributed by atoms with Crippen molar-refractivity contribution >= 4 is 15.9 Å². The van der Waals surface area contributed by atoms with Crippen molar-refractivity contribution in [3.63, 3.8) is 0 Å². The Balaban J connectivity index is 1.91. The quantitative estimate of drug-likeness (QED) is 0.887. The Labute approximate surface area is 121 Å². The third kappa shape index (κ3) is 3.81. The fourth-order valence-electron chi connectivity index (χ4n) is 1.89. The molecule has 0 saturated carbocycles. The zero-order valence-corrected chi connectivity index (χ0v) is 12.8. The summed E-state index contributed by atoms with van der Waals surface area (Å²) in [5.74, 6) is 0.877. The van der Waals surface area contributed by atoms with Gasteiger partial charge in [-0.05, 0) is 46.7 Å². The molecule has 0 atom stereocenters. The molecule has 0 aliphatic carbocycles. The van der Waals surface area contributed by atoms with E-state index >= 15 is 0 Å². The lowest BCUT2D eigenvalue weighted by atomic mass is 10.2. The Hall–Kier alpha value is -1.33. The smallest absolute Gasteiger partial charge is 0.133 e. The number of aryl methyl sites for hydroxylation is 1. The van der Waals surface area contributed by atoms with Crippen molar-refractivity contribution < 1.29 is 4.74 Å².